The summed E-state index contributed by atoms with van der Waals surface area (Å²) in [6.07, 6.45) is 5.22. The van der Waals surface area contributed by atoms with E-state index >= 15 is 0 Å². The Bertz CT molecular complexity index is 242. The zero-order valence-corrected chi connectivity index (χ0v) is 9.66. The highest BCUT2D eigenvalue weighted by Gasteiger charge is 2.11. The smallest absolute Gasteiger partial charge is 0.0514 e. The second-order valence-electron chi connectivity index (χ2n) is 3.62. The molecule has 1 atom stereocenters. The van der Waals surface area contributed by atoms with Crippen molar-refractivity contribution in [2.75, 3.05) is 0 Å². The summed E-state index contributed by atoms with van der Waals surface area (Å²) >= 11 is 1.68. The molecule has 1 rings (SSSR count). The molecular weight excluding hydrogens is 178 g/mol. The van der Waals surface area contributed by atoms with Gasteiger partial charge in [-0.05, 0) is 43.3 Å². The van der Waals surface area contributed by atoms with Gasteiger partial charge in [0.1, 0.15) is 0 Å². The topological polar surface area (TPSA) is 12.9 Å². The average molecular weight is 197 g/mol. The van der Waals surface area contributed by atoms with Crippen molar-refractivity contribution in [3.8, 4) is 0 Å². The van der Waals surface area contributed by atoms with Crippen LogP contribution in [0.15, 0.2) is 6.07 Å². The normalized spacial score (nSPS) is 13.2. The Morgan fingerprint density at radius 3 is 2.69 bits per heavy atom. The van der Waals surface area contributed by atoms with Gasteiger partial charge < -0.3 is 0 Å². The first kappa shape index (κ1) is 10.7. The summed E-state index contributed by atoms with van der Waals surface area (Å²) in [7, 11) is 0. The molecule has 2 heteroatoms. The van der Waals surface area contributed by atoms with E-state index in [9.17, 15) is 0 Å². The molecule has 0 amide bonds. The Labute approximate surface area is 85.4 Å². The predicted octanol–water partition coefficient (Wildman–Crippen LogP) is 4.14. The van der Waals surface area contributed by atoms with Gasteiger partial charge in [0.15, 0.2) is 0 Å². The lowest BCUT2D eigenvalue weighted by atomic mass is 9.97. The quantitative estimate of drug-likeness (QED) is 0.691. The second-order valence-corrected chi connectivity index (χ2v) is 4.45. The van der Waals surface area contributed by atoms with Crippen LogP contribution in [0.2, 0.25) is 0 Å². The summed E-state index contributed by atoms with van der Waals surface area (Å²) in [5, 5.41) is 0. The lowest BCUT2D eigenvalue weighted by Gasteiger charge is -2.10. The van der Waals surface area contributed by atoms with Gasteiger partial charge in [0, 0.05) is 4.88 Å². The summed E-state index contributed by atoms with van der Waals surface area (Å²) in [5.41, 5.74) is 1.18. The van der Waals surface area contributed by atoms with Crippen LogP contribution in [0.4, 0.5) is 0 Å². The molecule has 0 bridgehead atoms. The molecule has 1 aromatic rings. The van der Waals surface area contributed by atoms with Gasteiger partial charge in [0.05, 0.1) is 5.69 Å². The minimum absolute atomic E-state index is 0.756. The number of hydrogen-bond donors (Lipinski definition) is 0. The van der Waals surface area contributed by atoms with E-state index in [4.69, 9.17) is 0 Å². The summed E-state index contributed by atoms with van der Waals surface area (Å²) in [5.74, 6) is 0.756. The summed E-state index contributed by atoms with van der Waals surface area (Å²) < 4.78 is 4.34. The van der Waals surface area contributed by atoms with E-state index in [0.717, 1.165) is 5.92 Å². The fourth-order valence-corrected chi connectivity index (χ4v) is 2.53. The van der Waals surface area contributed by atoms with Crippen molar-refractivity contribution in [1.82, 2.24) is 4.37 Å². The van der Waals surface area contributed by atoms with Gasteiger partial charge in [-0.3, -0.25) is 0 Å². The Kier molecular flexibility index (Phi) is 4.43. The van der Waals surface area contributed by atoms with Crippen molar-refractivity contribution >= 4 is 11.5 Å². The third-order valence-corrected chi connectivity index (χ3v) is 3.49. The van der Waals surface area contributed by atoms with E-state index < -0.39 is 0 Å². The van der Waals surface area contributed by atoms with Crippen LogP contribution in [-0.4, -0.2) is 4.37 Å². The van der Waals surface area contributed by atoms with Crippen molar-refractivity contribution in [2.24, 2.45) is 0 Å². The van der Waals surface area contributed by atoms with Gasteiger partial charge >= 0.3 is 0 Å². The molecule has 1 nitrogen and oxygen atoms in total. The van der Waals surface area contributed by atoms with Gasteiger partial charge in [-0.15, -0.1) is 0 Å². The molecule has 1 aromatic heterocycles. The van der Waals surface area contributed by atoms with Gasteiger partial charge in [-0.1, -0.05) is 26.7 Å². The Balaban J connectivity index is 2.56. The van der Waals surface area contributed by atoms with Crippen molar-refractivity contribution in [3.63, 3.8) is 0 Å². The number of unbranched alkanes of at least 4 members (excludes halogenated alkanes) is 1. The Hall–Kier alpha value is -0.370. The van der Waals surface area contributed by atoms with Gasteiger partial charge in [0.2, 0.25) is 0 Å². The van der Waals surface area contributed by atoms with E-state index in [-0.39, 0.29) is 0 Å². The SMILES string of the molecule is CCCCC(CC)c1cc(C)ns1. The van der Waals surface area contributed by atoms with Gasteiger partial charge in [-0.25, -0.2) is 0 Å². The molecule has 0 aromatic carbocycles. The second kappa shape index (κ2) is 5.38. The Morgan fingerprint density at radius 2 is 2.23 bits per heavy atom. The zero-order valence-electron chi connectivity index (χ0n) is 8.84. The van der Waals surface area contributed by atoms with Crippen LogP contribution in [0.1, 0.15) is 56.0 Å². The van der Waals surface area contributed by atoms with Gasteiger partial charge in [-0.2, -0.15) is 4.37 Å². The molecular formula is C11H19NS. The number of hydrogen-bond acceptors (Lipinski definition) is 2. The highest BCUT2D eigenvalue weighted by molar-refractivity contribution is 7.05. The maximum absolute atomic E-state index is 4.34. The lowest BCUT2D eigenvalue weighted by Crippen LogP contribution is -1.93. The molecule has 1 heterocycles. The van der Waals surface area contributed by atoms with Crippen molar-refractivity contribution < 1.29 is 0 Å². The first-order valence-corrected chi connectivity index (χ1v) is 5.98. The van der Waals surface area contributed by atoms with Crippen molar-refractivity contribution in [1.29, 1.82) is 0 Å². The zero-order chi connectivity index (χ0) is 9.68. The third-order valence-electron chi connectivity index (χ3n) is 2.45. The van der Waals surface area contributed by atoms with Crippen LogP contribution in [0.25, 0.3) is 0 Å². The Morgan fingerprint density at radius 1 is 1.46 bits per heavy atom. The standard InChI is InChI=1S/C11H19NS/c1-4-6-7-10(5-2)11-8-9(3)12-13-11/h8,10H,4-7H2,1-3H3. The van der Waals surface area contributed by atoms with Crippen LogP contribution >= 0.6 is 11.5 Å². The predicted molar refractivity (Wildman–Crippen MR) is 59.4 cm³/mol. The molecule has 0 spiro atoms. The van der Waals surface area contributed by atoms with Crippen LogP contribution in [-0.2, 0) is 0 Å². The first-order valence-electron chi connectivity index (χ1n) is 5.21. The minimum atomic E-state index is 0.756. The lowest BCUT2D eigenvalue weighted by molar-refractivity contribution is 0.577. The monoisotopic (exact) mass is 197 g/mol. The molecule has 0 saturated heterocycles. The fourth-order valence-electron chi connectivity index (χ4n) is 1.57. The largest absolute Gasteiger partial charge is 0.198 e. The van der Waals surface area contributed by atoms with E-state index in [1.165, 1.54) is 36.3 Å². The van der Waals surface area contributed by atoms with Crippen molar-refractivity contribution in [2.45, 2.75) is 52.4 Å². The molecule has 0 aliphatic carbocycles. The van der Waals surface area contributed by atoms with E-state index in [1.807, 2.05) is 0 Å². The van der Waals surface area contributed by atoms with Crippen LogP contribution in [0.5, 0.6) is 0 Å². The highest BCUT2D eigenvalue weighted by Crippen LogP contribution is 2.28. The van der Waals surface area contributed by atoms with E-state index in [0.29, 0.717) is 0 Å². The molecule has 0 saturated carbocycles. The van der Waals surface area contributed by atoms with Crippen LogP contribution < -0.4 is 0 Å². The number of aromatic nitrogens is 1. The first-order chi connectivity index (χ1) is 6.27. The number of nitrogens with zero attached hydrogens (tertiary/aromatic N) is 1. The molecule has 1 unspecified atom stereocenters. The molecule has 13 heavy (non-hydrogen) atoms. The molecule has 74 valence electrons. The molecule has 0 radical (unpaired) electrons. The molecule has 0 N–H and O–H groups in total. The summed E-state index contributed by atoms with van der Waals surface area (Å²) in [4.78, 5) is 1.48. The summed E-state index contributed by atoms with van der Waals surface area (Å²) in [6, 6.07) is 2.24. The molecule has 0 aliphatic heterocycles. The maximum atomic E-state index is 4.34. The number of aryl methyl sites for hydroxylation is 1. The van der Waals surface area contributed by atoms with E-state index in [2.05, 4.69) is 31.2 Å². The van der Waals surface area contributed by atoms with Crippen LogP contribution in [0.3, 0.4) is 0 Å². The highest BCUT2D eigenvalue weighted by atomic mass is 32.1. The maximum Gasteiger partial charge on any atom is 0.0514 e. The number of rotatable bonds is 5. The van der Waals surface area contributed by atoms with Crippen molar-refractivity contribution in [3.05, 3.63) is 16.6 Å². The third kappa shape index (κ3) is 3.11. The van der Waals surface area contributed by atoms with Crippen LogP contribution in [0, 0.1) is 6.92 Å². The molecule has 0 fully saturated rings. The minimum Gasteiger partial charge on any atom is -0.198 e. The molecule has 0 aliphatic rings. The summed E-state index contributed by atoms with van der Waals surface area (Å²) in [6.45, 7) is 6.60. The average Bonchev–Trinajstić information content (AvgIpc) is 2.54. The van der Waals surface area contributed by atoms with Gasteiger partial charge in [0.25, 0.3) is 0 Å². The fraction of sp³-hybridized carbons (Fsp3) is 0.727. The van der Waals surface area contributed by atoms with E-state index in [1.54, 1.807) is 11.5 Å².